The smallest absolute Gasteiger partial charge is 0.309 e. The highest BCUT2D eigenvalue weighted by atomic mass is 16.5. The number of carboxylic acid groups (broad SMARTS) is 1. The van der Waals surface area contributed by atoms with Gasteiger partial charge in [-0.1, -0.05) is 0 Å². The van der Waals surface area contributed by atoms with Crippen LogP contribution in [0.5, 0.6) is 0 Å². The third kappa shape index (κ3) is 2.19. The maximum absolute atomic E-state index is 10.6. The summed E-state index contributed by atoms with van der Waals surface area (Å²) < 4.78 is 4.87. The average molecular weight is 176 g/mol. The molecule has 0 fully saturated rings. The largest absolute Gasteiger partial charge is 0.481 e. The van der Waals surface area contributed by atoms with E-state index in [1.807, 2.05) is 0 Å². The quantitative estimate of drug-likeness (QED) is 0.654. The van der Waals surface area contributed by atoms with E-state index in [4.69, 9.17) is 9.84 Å². The lowest BCUT2D eigenvalue weighted by atomic mass is 9.86. The summed E-state index contributed by atoms with van der Waals surface area (Å²) in [5, 5.41) is 18.4. The third-order valence-corrected chi connectivity index (χ3v) is 2.42. The Morgan fingerprint density at radius 3 is 2.17 bits per heavy atom. The Labute approximate surface area is 72.2 Å². The highest BCUT2D eigenvalue weighted by molar-refractivity contribution is 5.71. The van der Waals surface area contributed by atoms with Gasteiger partial charge in [-0.25, -0.2) is 0 Å². The van der Waals surface area contributed by atoms with Crippen LogP contribution in [0.3, 0.4) is 0 Å². The summed E-state index contributed by atoms with van der Waals surface area (Å²) in [6.07, 6.45) is -0.497. The second kappa shape index (κ2) is 3.87. The average Bonchev–Trinajstić information content (AvgIpc) is 2.01. The number of methoxy groups -OCH3 is 1. The van der Waals surface area contributed by atoms with Gasteiger partial charge in [-0.15, -0.1) is 0 Å². The minimum atomic E-state index is -1.33. The number of rotatable bonds is 4. The molecule has 3 atom stereocenters. The van der Waals surface area contributed by atoms with Gasteiger partial charge in [-0.3, -0.25) is 4.79 Å². The van der Waals surface area contributed by atoms with E-state index in [9.17, 15) is 9.90 Å². The zero-order valence-electron chi connectivity index (χ0n) is 7.87. The highest BCUT2D eigenvalue weighted by Gasteiger charge is 2.38. The summed E-state index contributed by atoms with van der Waals surface area (Å²) >= 11 is 0. The zero-order valence-corrected chi connectivity index (χ0v) is 7.87. The first-order valence-electron chi connectivity index (χ1n) is 3.82. The minimum Gasteiger partial charge on any atom is -0.481 e. The zero-order chi connectivity index (χ0) is 9.94. The third-order valence-electron chi connectivity index (χ3n) is 2.42. The second-order valence-electron chi connectivity index (χ2n) is 3.16. The highest BCUT2D eigenvalue weighted by Crippen LogP contribution is 2.22. The van der Waals surface area contributed by atoms with Crippen LogP contribution in [0.2, 0.25) is 0 Å². The van der Waals surface area contributed by atoms with Crippen molar-refractivity contribution in [1.82, 2.24) is 0 Å². The van der Waals surface area contributed by atoms with E-state index in [1.165, 1.54) is 21.0 Å². The van der Waals surface area contributed by atoms with E-state index in [-0.39, 0.29) is 0 Å². The molecule has 0 aliphatic rings. The molecule has 0 rings (SSSR count). The molecule has 4 nitrogen and oxygen atoms in total. The van der Waals surface area contributed by atoms with E-state index >= 15 is 0 Å². The second-order valence-corrected chi connectivity index (χ2v) is 3.16. The first-order chi connectivity index (χ1) is 5.34. The fraction of sp³-hybridized carbons (Fsp3) is 0.875. The van der Waals surface area contributed by atoms with E-state index in [1.54, 1.807) is 6.92 Å². The molecule has 0 aliphatic carbocycles. The monoisotopic (exact) mass is 176 g/mol. The van der Waals surface area contributed by atoms with Crippen molar-refractivity contribution in [1.29, 1.82) is 0 Å². The summed E-state index contributed by atoms with van der Waals surface area (Å²) in [5.41, 5.74) is -1.33. The first-order valence-corrected chi connectivity index (χ1v) is 3.82. The van der Waals surface area contributed by atoms with Crippen LogP contribution < -0.4 is 0 Å². The molecular formula is C8H16O4. The molecule has 0 spiro atoms. The van der Waals surface area contributed by atoms with Crippen molar-refractivity contribution in [3.8, 4) is 0 Å². The van der Waals surface area contributed by atoms with Crippen LogP contribution in [0.4, 0.5) is 0 Å². The summed E-state index contributed by atoms with van der Waals surface area (Å²) in [7, 11) is 1.44. The van der Waals surface area contributed by atoms with Crippen LogP contribution in [0.1, 0.15) is 20.8 Å². The van der Waals surface area contributed by atoms with Gasteiger partial charge in [0.05, 0.1) is 12.0 Å². The molecule has 0 aromatic heterocycles. The summed E-state index contributed by atoms with van der Waals surface area (Å²) in [5.74, 6) is -1.86. The van der Waals surface area contributed by atoms with Crippen molar-refractivity contribution in [3.63, 3.8) is 0 Å². The van der Waals surface area contributed by atoms with Crippen molar-refractivity contribution in [2.24, 2.45) is 5.92 Å². The van der Waals surface area contributed by atoms with E-state index in [0.717, 1.165) is 0 Å². The molecule has 0 saturated heterocycles. The summed E-state index contributed by atoms with van der Waals surface area (Å²) in [4.78, 5) is 10.6. The Kier molecular flexibility index (Phi) is 3.67. The molecule has 0 heterocycles. The molecule has 0 bridgehead atoms. The minimum absolute atomic E-state index is 0.497. The molecule has 3 unspecified atom stereocenters. The maximum atomic E-state index is 10.6. The lowest BCUT2D eigenvalue weighted by molar-refractivity contribution is -0.160. The fourth-order valence-electron chi connectivity index (χ4n) is 0.841. The van der Waals surface area contributed by atoms with Gasteiger partial charge in [0.2, 0.25) is 0 Å². The lowest BCUT2D eigenvalue weighted by Crippen LogP contribution is -2.47. The molecule has 0 aromatic rings. The van der Waals surface area contributed by atoms with Crippen molar-refractivity contribution >= 4 is 5.97 Å². The number of carbonyl (C=O) groups is 1. The van der Waals surface area contributed by atoms with Gasteiger partial charge in [0.25, 0.3) is 0 Å². The number of aliphatic carboxylic acids is 1. The van der Waals surface area contributed by atoms with E-state index < -0.39 is 23.6 Å². The van der Waals surface area contributed by atoms with Gasteiger partial charge in [-0.05, 0) is 20.8 Å². The fourth-order valence-corrected chi connectivity index (χ4v) is 0.841. The molecular weight excluding hydrogens is 160 g/mol. The van der Waals surface area contributed by atoms with Crippen LogP contribution >= 0.6 is 0 Å². The standard InChI is InChI=1S/C8H16O4/c1-5(7(9)10)8(3,11)6(2)12-4/h5-6,11H,1-4H3,(H,9,10). The van der Waals surface area contributed by atoms with Gasteiger partial charge < -0.3 is 14.9 Å². The predicted octanol–water partition coefficient (Wildman–Crippen LogP) is 0.493. The molecule has 2 N–H and O–H groups in total. The lowest BCUT2D eigenvalue weighted by Gasteiger charge is -2.32. The normalized spacial score (nSPS) is 21.1. The maximum Gasteiger partial charge on any atom is 0.309 e. The SMILES string of the molecule is COC(C)C(C)(O)C(C)C(=O)O. The van der Waals surface area contributed by atoms with Gasteiger partial charge in [0.15, 0.2) is 0 Å². The number of hydrogen-bond donors (Lipinski definition) is 2. The number of hydrogen-bond acceptors (Lipinski definition) is 3. The van der Waals surface area contributed by atoms with Crippen molar-refractivity contribution in [2.45, 2.75) is 32.5 Å². The Balaban J connectivity index is 4.48. The molecule has 12 heavy (non-hydrogen) atoms. The Morgan fingerprint density at radius 1 is 1.50 bits per heavy atom. The number of carboxylic acids is 1. The molecule has 0 amide bonds. The van der Waals surface area contributed by atoms with E-state index in [2.05, 4.69) is 0 Å². The topological polar surface area (TPSA) is 66.8 Å². The predicted molar refractivity (Wildman–Crippen MR) is 43.9 cm³/mol. The molecule has 72 valence electrons. The van der Waals surface area contributed by atoms with Gasteiger partial charge in [0.1, 0.15) is 5.60 Å². The molecule has 0 aromatic carbocycles. The van der Waals surface area contributed by atoms with Gasteiger partial charge in [0, 0.05) is 7.11 Å². The van der Waals surface area contributed by atoms with Crippen LogP contribution in [0.15, 0.2) is 0 Å². The Hall–Kier alpha value is -0.610. The van der Waals surface area contributed by atoms with Crippen LogP contribution in [0.25, 0.3) is 0 Å². The molecule has 0 saturated carbocycles. The van der Waals surface area contributed by atoms with Crippen LogP contribution in [0, 0.1) is 5.92 Å². The van der Waals surface area contributed by atoms with E-state index in [0.29, 0.717) is 0 Å². The van der Waals surface area contributed by atoms with Gasteiger partial charge in [-0.2, -0.15) is 0 Å². The number of ether oxygens (including phenoxy) is 1. The van der Waals surface area contributed by atoms with Crippen molar-refractivity contribution in [2.75, 3.05) is 7.11 Å². The number of aliphatic hydroxyl groups is 1. The van der Waals surface area contributed by atoms with Crippen molar-refractivity contribution in [3.05, 3.63) is 0 Å². The molecule has 0 radical (unpaired) electrons. The first kappa shape index (κ1) is 11.4. The molecule has 4 heteroatoms. The summed E-state index contributed by atoms with van der Waals surface area (Å²) in [6.45, 7) is 4.55. The van der Waals surface area contributed by atoms with Crippen LogP contribution in [-0.4, -0.2) is 35.0 Å². The Morgan fingerprint density at radius 2 is 1.92 bits per heavy atom. The van der Waals surface area contributed by atoms with Gasteiger partial charge >= 0.3 is 5.97 Å². The van der Waals surface area contributed by atoms with Crippen LogP contribution in [-0.2, 0) is 9.53 Å². The van der Waals surface area contributed by atoms with Crippen molar-refractivity contribution < 1.29 is 19.7 Å². The Bertz CT molecular complexity index is 164. The molecule has 0 aliphatic heterocycles. The summed E-state index contributed by atoms with van der Waals surface area (Å²) in [6, 6.07) is 0.